The summed E-state index contributed by atoms with van der Waals surface area (Å²) in [5.74, 6) is -2.79. The van der Waals surface area contributed by atoms with Crippen LogP contribution in [0.5, 0.6) is 0 Å². The average molecular weight is 305 g/mol. The maximum absolute atomic E-state index is 13.7. The summed E-state index contributed by atoms with van der Waals surface area (Å²) in [6.45, 7) is 5.11. The Morgan fingerprint density at radius 1 is 1.40 bits per heavy atom. The van der Waals surface area contributed by atoms with E-state index in [0.29, 0.717) is 6.07 Å². The second-order valence-corrected chi connectivity index (χ2v) is 7.31. The zero-order valence-corrected chi connectivity index (χ0v) is 12.3. The molecule has 0 saturated carbocycles. The Labute approximate surface area is 118 Å². The minimum atomic E-state index is -1.57. The van der Waals surface area contributed by atoms with Gasteiger partial charge in [0.2, 0.25) is 0 Å². The number of carboxylic acid groups (broad SMARTS) is 1. The zero-order valence-electron chi connectivity index (χ0n) is 11.4. The largest absolute Gasteiger partial charge is 0.481 e. The number of carbonyl (C=O) groups is 1. The maximum Gasteiger partial charge on any atom is 0.305 e. The van der Waals surface area contributed by atoms with Gasteiger partial charge in [0, 0.05) is 11.6 Å². The molecular weight excluding hydrogens is 288 g/mol. The van der Waals surface area contributed by atoms with Gasteiger partial charge in [-0.3, -0.25) is 4.79 Å². The van der Waals surface area contributed by atoms with Gasteiger partial charge in [-0.05, 0) is 26.8 Å². The van der Waals surface area contributed by atoms with Crippen molar-refractivity contribution in [2.24, 2.45) is 0 Å². The lowest BCUT2D eigenvalue weighted by atomic mass is 10.0. The molecule has 0 radical (unpaired) electrons. The van der Waals surface area contributed by atoms with E-state index in [-0.39, 0.29) is 5.56 Å². The van der Waals surface area contributed by atoms with Crippen LogP contribution in [0.1, 0.15) is 38.8 Å². The summed E-state index contributed by atoms with van der Waals surface area (Å²) in [4.78, 5) is 10.9. The molecule has 0 amide bonds. The van der Waals surface area contributed by atoms with Gasteiger partial charge >= 0.3 is 5.97 Å². The molecular formula is C13H17F2NO3S. The Morgan fingerprint density at radius 2 is 2.00 bits per heavy atom. The maximum atomic E-state index is 13.7. The van der Waals surface area contributed by atoms with Crippen LogP contribution < -0.4 is 4.72 Å². The fourth-order valence-electron chi connectivity index (χ4n) is 1.48. The van der Waals surface area contributed by atoms with E-state index in [1.54, 1.807) is 20.8 Å². The van der Waals surface area contributed by atoms with E-state index in [1.165, 1.54) is 0 Å². The van der Waals surface area contributed by atoms with Crippen LogP contribution in [0.2, 0.25) is 0 Å². The lowest BCUT2D eigenvalue weighted by Crippen LogP contribution is -2.36. The smallest absolute Gasteiger partial charge is 0.305 e. The molecule has 0 fully saturated rings. The highest BCUT2D eigenvalue weighted by Gasteiger charge is 2.26. The molecule has 0 aliphatic rings. The molecule has 0 aromatic heterocycles. The molecule has 2 N–H and O–H groups in total. The van der Waals surface area contributed by atoms with Crippen molar-refractivity contribution in [3.8, 4) is 0 Å². The van der Waals surface area contributed by atoms with Gasteiger partial charge in [0.15, 0.2) is 0 Å². The van der Waals surface area contributed by atoms with Crippen LogP contribution >= 0.6 is 0 Å². The number of rotatable bonds is 5. The van der Waals surface area contributed by atoms with Crippen molar-refractivity contribution in [3.05, 3.63) is 35.4 Å². The lowest BCUT2D eigenvalue weighted by Gasteiger charge is -2.24. The predicted molar refractivity (Wildman–Crippen MR) is 72.4 cm³/mol. The summed E-state index contributed by atoms with van der Waals surface area (Å²) in [7, 11) is -1.57. The van der Waals surface area contributed by atoms with E-state index in [0.717, 1.165) is 12.1 Å². The summed E-state index contributed by atoms with van der Waals surface area (Å²) in [6.07, 6.45) is -0.454. The van der Waals surface area contributed by atoms with Gasteiger partial charge in [-0.25, -0.2) is 17.7 Å². The van der Waals surface area contributed by atoms with Gasteiger partial charge in [-0.2, -0.15) is 0 Å². The van der Waals surface area contributed by atoms with Crippen LogP contribution in [0.4, 0.5) is 8.78 Å². The Kier molecular flexibility index (Phi) is 5.35. The molecule has 0 aliphatic heterocycles. The molecule has 112 valence electrons. The molecule has 0 spiro atoms. The van der Waals surface area contributed by atoms with Crippen LogP contribution in [0.25, 0.3) is 0 Å². The molecule has 1 aromatic rings. The number of hydrogen-bond donors (Lipinski definition) is 2. The number of carboxylic acids is 1. The van der Waals surface area contributed by atoms with Crippen molar-refractivity contribution in [1.82, 2.24) is 4.72 Å². The quantitative estimate of drug-likeness (QED) is 0.878. The monoisotopic (exact) mass is 305 g/mol. The van der Waals surface area contributed by atoms with Crippen molar-refractivity contribution in [2.75, 3.05) is 0 Å². The van der Waals surface area contributed by atoms with Crippen molar-refractivity contribution < 1.29 is 22.9 Å². The standard InChI is InChI=1S/C13H17F2NO3S/c1-13(2,3)20(19)16-11(7-12(17)18)9-5-4-8(14)6-10(9)15/h4-6,11,16H,7H2,1-3H3,(H,17,18)/t11-,20+/m0/s1. The number of nitrogens with one attached hydrogen (secondary N) is 1. The van der Waals surface area contributed by atoms with Gasteiger partial charge in [-0.15, -0.1) is 0 Å². The predicted octanol–water partition coefficient (Wildman–Crippen LogP) is 2.53. The van der Waals surface area contributed by atoms with E-state index in [1.807, 2.05) is 0 Å². The Morgan fingerprint density at radius 3 is 2.45 bits per heavy atom. The van der Waals surface area contributed by atoms with Gasteiger partial charge in [-0.1, -0.05) is 6.07 Å². The minimum Gasteiger partial charge on any atom is -0.481 e. The second kappa shape index (κ2) is 6.41. The Bertz CT molecular complexity index is 529. The van der Waals surface area contributed by atoms with Crippen LogP contribution in [0, 0.1) is 11.6 Å². The van der Waals surface area contributed by atoms with Crippen molar-refractivity contribution in [1.29, 1.82) is 0 Å². The number of hydrogen-bond acceptors (Lipinski definition) is 2. The highest BCUT2D eigenvalue weighted by atomic mass is 32.2. The van der Waals surface area contributed by atoms with Crippen LogP contribution in [-0.4, -0.2) is 20.0 Å². The molecule has 0 saturated heterocycles. The van der Waals surface area contributed by atoms with Crippen LogP contribution in [0.15, 0.2) is 18.2 Å². The summed E-state index contributed by atoms with van der Waals surface area (Å²) in [5.41, 5.74) is -0.0219. The van der Waals surface area contributed by atoms with E-state index < -0.39 is 45.8 Å². The van der Waals surface area contributed by atoms with Crippen molar-refractivity contribution in [3.63, 3.8) is 0 Å². The molecule has 0 unspecified atom stereocenters. The lowest BCUT2D eigenvalue weighted by molar-refractivity contribution is -0.137. The van der Waals surface area contributed by atoms with Crippen LogP contribution in [-0.2, 0) is 15.8 Å². The molecule has 0 heterocycles. The normalized spacial score (nSPS) is 14.8. The second-order valence-electron chi connectivity index (χ2n) is 5.32. The fraction of sp³-hybridized carbons (Fsp3) is 0.462. The number of halogens is 2. The first-order valence-electron chi connectivity index (χ1n) is 5.96. The molecule has 2 atom stereocenters. The highest BCUT2D eigenvalue weighted by molar-refractivity contribution is 7.84. The first-order valence-corrected chi connectivity index (χ1v) is 7.11. The number of benzene rings is 1. The summed E-state index contributed by atoms with van der Waals surface area (Å²) in [5, 5.41) is 8.87. The highest BCUT2D eigenvalue weighted by Crippen LogP contribution is 2.23. The molecule has 4 nitrogen and oxygen atoms in total. The molecule has 0 bridgehead atoms. The van der Waals surface area contributed by atoms with Crippen LogP contribution in [0.3, 0.4) is 0 Å². The average Bonchev–Trinajstić information content (AvgIpc) is 2.26. The van der Waals surface area contributed by atoms with Crippen molar-refractivity contribution >= 4 is 17.0 Å². The molecule has 7 heteroatoms. The first-order chi connectivity index (χ1) is 9.11. The van der Waals surface area contributed by atoms with E-state index in [4.69, 9.17) is 5.11 Å². The van der Waals surface area contributed by atoms with Crippen molar-refractivity contribution in [2.45, 2.75) is 38.0 Å². The van der Waals surface area contributed by atoms with Gasteiger partial charge in [0.05, 0.1) is 28.2 Å². The third-order valence-electron chi connectivity index (χ3n) is 2.52. The van der Waals surface area contributed by atoms with Gasteiger partial charge in [0.1, 0.15) is 11.6 Å². The van der Waals surface area contributed by atoms with E-state index in [9.17, 15) is 17.8 Å². The van der Waals surface area contributed by atoms with Gasteiger partial charge < -0.3 is 5.11 Å². The SMILES string of the molecule is CC(C)(C)[S@@](=O)N[C@@H](CC(=O)O)c1ccc(F)cc1F. The van der Waals surface area contributed by atoms with E-state index in [2.05, 4.69) is 4.72 Å². The van der Waals surface area contributed by atoms with E-state index >= 15 is 0 Å². The summed E-state index contributed by atoms with van der Waals surface area (Å²) in [6, 6.07) is 1.87. The molecule has 20 heavy (non-hydrogen) atoms. The Hall–Kier alpha value is -1.34. The minimum absolute atomic E-state index is 0.0219. The topological polar surface area (TPSA) is 66.4 Å². The molecule has 1 aromatic carbocycles. The summed E-state index contributed by atoms with van der Waals surface area (Å²) < 4.78 is 40.6. The third kappa shape index (κ3) is 4.64. The summed E-state index contributed by atoms with van der Waals surface area (Å²) >= 11 is 0. The zero-order chi connectivity index (χ0) is 15.5. The fourth-order valence-corrected chi connectivity index (χ4v) is 2.30. The molecule has 0 aliphatic carbocycles. The Balaban J connectivity index is 3.06. The third-order valence-corrected chi connectivity index (χ3v) is 4.13. The molecule has 1 rings (SSSR count). The first kappa shape index (κ1) is 16.7. The van der Waals surface area contributed by atoms with Gasteiger partial charge in [0.25, 0.3) is 0 Å². The number of aliphatic carboxylic acids is 1.